The number of anilines is 3. The summed E-state index contributed by atoms with van der Waals surface area (Å²) in [4.78, 5) is 11.9. The second kappa shape index (κ2) is 15.0. The third-order valence-electron chi connectivity index (χ3n) is 8.19. The first-order valence-electron chi connectivity index (χ1n) is 16.1. The summed E-state index contributed by atoms with van der Waals surface area (Å²) in [6, 6.07) is 63.7. The molecule has 0 bridgehead atoms. The molecule has 6 heteroatoms. The molecule has 50 heavy (non-hydrogen) atoms. The molecule has 0 saturated carbocycles. The molecule has 0 fully saturated rings. The van der Waals surface area contributed by atoms with Crippen LogP contribution in [0.3, 0.4) is 0 Å². The molecule has 0 unspecified atom stereocenters. The molecule has 0 aliphatic heterocycles. The number of benzene rings is 6. The molecule has 0 radical (unpaired) electrons. The van der Waals surface area contributed by atoms with E-state index in [9.17, 15) is 0 Å². The van der Waals surface area contributed by atoms with Crippen molar-refractivity contribution >= 4 is 17.2 Å². The fourth-order valence-corrected chi connectivity index (χ4v) is 5.95. The van der Waals surface area contributed by atoms with E-state index in [-0.39, 0.29) is 21.1 Å². The van der Waals surface area contributed by atoms with Crippen LogP contribution in [0, 0.1) is 12.1 Å². The maximum Gasteiger partial charge on any atom is 2.00 e. The molecular weight excluding hydrogens is 796 g/mol. The summed E-state index contributed by atoms with van der Waals surface area (Å²) in [5.41, 5.74) is 9.04. The zero-order valence-corrected chi connectivity index (χ0v) is 29.1. The summed E-state index contributed by atoms with van der Waals surface area (Å²) in [7, 11) is 0. The van der Waals surface area contributed by atoms with E-state index in [0.717, 1.165) is 50.6 Å². The largest absolute Gasteiger partial charge is 2.00 e. The van der Waals surface area contributed by atoms with E-state index in [2.05, 4.69) is 107 Å². The second-order valence-corrected chi connectivity index (χ2v) is 11.4. The Kier molecular flexibility index (Phi) is 9.77. The topological polar surface area (TPSA) is 43.2 Å². The van der Waals surface area contributed by atoms with Crippen LogP contribution in [0.2, 0.25) is 0 Å². The van der Waals surface area contributed by atoms with Crippen molar-refractivity contribution in [1.82, 2.24) is 14.5 Å². The number of pyridine rings is 1. The molecule has 0 aliphatic rings. The van der Waals surface area contributed by atoms with Crippen molar-refractivity contribution in [2.75, 3.05) is 4.90 Å². The van der Waals surface area contributed by atoms with E-state index in [1.165, 1.54) is 0 Å². The van der Waals surface area contributed by atoms with Crippen LogP contribution in [-0.2, 0) is 21.1 Å². The van der Waals surface area contributed by atoms with Crippen molar-refractivity contribution in [3.63, 3.8) is 0 Å². The van der Waals surface area contributed by atoms with Crippen molar-refractivity contribution in [1.29, 1.82) is 0 Å². The predicted octanol–water partition coefficient (Wildman–Crippen LogP) is 11.1. The maximum atomic E-state index is 6.05. The molecule has 0 N–H and O–H groups in total. The molecule has 0 saturated heterocycles. The van der Waals surface area contributed by atoms with Gasteiger partial charge in [0.1, 0.15) is 5.82 Å². The Balaban J connectivity index is 0.00000392. The van der Waals surface area contributed by atoms with Gasteiger partial charge in [-0.25, -0.2) is 0 Å². The van der Waals surface area contributed by atoms with Gasteiger partial charge in [0.05, 0.1) is 12.0 Å². The van der Waals surface area contributed by atoms with Crippen LogP contribution in [0.25, 0.3) is 39.2 Å². The smallest absolute Gasteiger partial charge is 0.466 e. The summed E-state index contributed by atoms with van der Waals surface area (Å²) < 4.78 is 8.17. The molecule has 6 aromatic carbocycles. The minimum absolute atomic E-state index is 0. The number of hydrogen-bond donors (Lipinski definition) is 0. The third kappa shape index (κ3) is 6.91. The molecule has 2 aromatic heterocycles. The van der Waals surface area contributed by atoms with Gasteiger partial charge < -0.3 is 14.2 Å². The van der Waals surface area contributed by atoms with E-state index >= 15 is 0 Å². The van der Waals surface area contributed by atoms with E-state index in [4.69, 9.17) is 14.7 Å². The minimum Gasteiger partial charge on any atom is -0.466 e. The van der Waals surface area contributed by atoms with E-state index in [1.807, 2.05) is 97.3 Å². The Labute approximate surface area is 306 Å². The van der Waals surface area contributed by atoms with Gasteiger partial charge in [0, 0.05) is 34.3 Å². The SMILES string of the molecule is [Pt+2].[c-]1ccccc1Oc1cccc(N(c2[c-]c(-c3cn(-c4c(-c5ccccc5)cccc4-c4ccccc4)cn3)ccc2)c2ccccc2)n1. The molecule has 5 nitrogen and oxygen atoms in total. The van der Waals surface area contributed by atoms with Crippen LogP contribution in [0.4, 0.5) is 17.2 Å². The Morgan fingerprint density at radius 3 is 1.92 bits per heavy atom. The Morgan fingerprint density at radius 1 is 0.600 bits per heavy atom. The number of nitrogens with zero attached hydrogens (tertiary/aromatic N) is 4. The molecule has 8 aromatic rings. The number of rotatable bonds is 9. The molecule has 8 rings (SSSR count). The maximum absolute atomic E-state index is 6.05. The fourth-order valence-electron chi connectivity index (χ4n) is 5.95. The molecule has 242 valence electrons. The first kappa shape index (κ1) is 32.5. The Bertz CT molecular complexity index is 2250. The first-order chi connectivity index (χ1) is 24.3. The average Bonchev–Trinajstić information content (AvgIpc) is 3.67. The predicted molar refractivity (Wildman–Crippen MR) is 197 cm³/mol. The van der Waals surface area contributed by atoms with Gasteiger partial charge >= 0.3 is 21.1 Å². The number of ether oxygens (including phenoxy) is 1. The molecule has 0 amide bonds. The zero-order valence-electron chi connectivity index (χ0n) is 26.8. The average molecular weight is 826 g/mol. The van der Waals surface area contributed by atoms with E-state index in [1.54, 1.807) is 0 Å². The van der Waals surface area contributed by atoms with Crippen LogP contribution < -0.4 is 9.64 Å². The third-order valence-corrected chi connectivity index (χ3v) is 8.19. The van der Waals surface area contributed by atoms with Crippen LogP contribution >= 0.6 is 0 Å². The Morgan fingerprint density at radius 2 is 1.24 bits per heavy atom. The first-order valence-corrected chi connectivity index (χ1v) is 16.1. The minimum atomic E-state index is 0. The van der Waals surface area contributed by atoms with Gasteiger partial charge in [-0.3, -0.25) is 4.98 Å². The van der Waals surface area contributed by atoms with Gasteiger partial charge in [0.15, 0.2) is 0 Å². The number of para-hydroxylation sites is 3. The summed E-state index contributed by atoms with van der Waals surface area (Å²) in [5.74, 6) is 1.77. The monoisotopic (exact) mass is 825 g/mol. The summed E-state index contributed by atoms with van der Waals surface area (Å²) in [6.45, 7) is 0. The van der Waals surface area contributed by atoms with Crippen LogP contribution in [0.1, 0.15) is 0 Å². The molecule has 0 aliphatic carbocycles. The number of imidazole rings is 1. The summed E-state index contributed by atoms with van der Waals surface area (Å²) in [6.07, 6.45) is 3.97. The van der Waals surface area contributed by atoms with Gasteiger partial charge in [-0.15, -0.1) is 42.0 Å². The van der Waals surface area contributed by atoms with Crippen LogP contribution in [0.5, 0.6) is 11.6 Å². The molecule has 0 atom stereocenters. The number of hydrogen-bond acceptors (Lipinski definition) is 4. The quantitative estimate of drug-likeness (QED) is 0.136. The van der Waals surface area contributed by atoms with Crippen molar-refractivity contribution in [3.05, 3.63) is 195 Å². The Hall–Kier alpha value is -6.03. The molecular formula is C44H30N4OPt. The van der Waals surface area contributed by atoms with Crippen molar-refractivity contribution in [2.45, 2.75) is 0 Å². The van der Waals surface area contributed by atoms with Gasteiger partial charge in [-0.2, -0.15) is 23.2 Å². The summed E-state index contributed by atoms with van der Waals surface area (Å²) >= 11 is 0. The van der Waals surface area contributed by atoms with E-state index < -0.39 is 0 Å². The summed E-state index contributed by atoms with van der Waals surface area (Å²) in [5, 5.41) is 0. The normalized spacial score (nSPS) is 10.6. The van der Waals surface area contributed by atoms with Crippen LogP contribution in [0.15, 0.2) is 182 Å². The van der Waals surface area contributed by atoms with Crippen molar-refractivity contribution in [3.8, 4) is 50.8 Å². The van der Waals surface area contributed by atoms with Crippen LogP contribution in [-0.4, -0.2) is 14.5 Å². The van der Waals surface area contributed by atoms with Crippen molar-refractivity contribution < 1.29 is 25.8 Å². The molecule has 2 heterocycles. The van der Waals surface area contributed by atoms with Gasteiger partial charge in [-0.05, 0) is 41.2 Å². The second-order valence-electron chi connectivity index (χ2n) is 11.4. The van der Waals surface area contributed by atoms with Gasteiger partial charge in [0.2, 0.25) is 5.88 Å². The fraction of sp³-hybridized carbons (Fsp3) is 0. The van der Waals surface area contributed by atoms with E-state index in [0.29, 0.717) is 17.4 Å². The standard InChI is InChI=1S/C44H30N4O.Pt/c1-5-16-33(17-6-1)39-26-14-27-40(34-18-7-2-8-19-34)44(39)47-31-41(45-32-47)35-20-13-23-37(30-35)48(36-21-9-3-10-22-36)42-28-15-29-43(46-42)49-38-24-11-4-12-25-38;/h1-24,26-29,31-32H;/q-2;+2. The molecule has 0 spiro atoms. The van der Waals surface area contributed by atoms with Gasteiger partial charge in [-0.1, -0.05) is 103 Å². The zero-order chi connectivity index (χ0) is 32.8. The number of aromatic nitrogens is 3. The van der Waals surface area contributed by atoms with Gasteiger partial charge in [0.25, 0.3) is 0 Å². The van der Waals surface area contributed by atoms with Crippen molar-refractivity contribution in [2.24, 2.45) is 0 Å².